The van der Waals surface area contributed by atoms with Crippen LogP contribution in [-0.2, 0) is 16.0 Å². The highest BCUT2D eigenvalue weighted by molar-refractivity contribution is 5.69. The molecule has 1 aromatic rings. The van der Waals surface area contributed by atoms with Gasteiger partial charge in [-0.1, -0.05) is 19.9 Å². The van der Waals surface area contributed by atoms with E-state index in [1.54, 1.807) is 0 Å². The van der Waals surface area contributed by atoms with Crippen molar-refractivity contribution in [2.75, 3.05) is 0 Å². The molecule has 1 N–H and O–H groups in total. The lowest BCUT2D eigenvalue weighted by atomic mass is 9.55. The monoisotopic (exact) mass is 342 g/mol. The molecular formula is C22H30O3. The van der Waals surface area contributed by atoms with Gasteiger partial charge in [0.2, 0.25) is 0 Å². The normalized spacial score (nSPS) is 36.2. The first-order valence-corrected chi connectivity index (χ1v) is 10.0. The molecule has 0 aliphatic heterocycles. The van der Waals surface area contributed by atoms with Gasteiger partial charge in [-0.2, -0.15) is 0 Å². The number of rotatable bonds is 3. The summed E-state index contributed by atoms with van der Waals surface area (Å²) in [4.78, 5) is 12.0. The van der Waals surface area contributed by atoms with Gasteiger partial charge in [0.05, 0.1) is 0 Å². The Kier molecular flexibility index (Phi) is 4.29. The van der Waals surface area contributed by atoms with Crippen LogP contribution in [0, 0.1) is 17.3 Å². The van der Waals surface area contributed by atoms with Crippen molar-refractivity contribution in [1.82, 2.24) is 0 Å². The maximum atomic E-state index is 12.0. The van der Waals surface area contributed by atoms with E-state index in [2.05, 4.69) is 13.0 Å². The van der Waals surface area contributed by atoms with Crippen molar-refractivity contribution in [3.05, 3.63) is 29.3 Å². The number of fused-ring (bicyclic) bond motifs is 5. The van der Waals surface area contributed by atoms with E-state index in [1.807, 2.05) is 19.1 Å². The summed E-state index contributed by atoms with van der Waals surface area (Å²) in [5, 5.41) is 9.79. The van der Waals surface area contributed by atoms with Crippen molar-refractivity contribution in [2.45, 2.75) is 77.2 Å². The fraction of sp³-hybridized carbons (Fsp3) is 0.682. The Morgan fingerprint density at radius 2 is 2.12 bits per heavy atom. The number of hydrogen-bond donors (Lipinski definition) is 1. The number of hydrogen-bond acceptors (Lipinski definition) is 3. The molecule has 0 saturated heterocycles. The van der Waals surface area contributed by atoms with E-state index < -0.39 is 0 Å². The molecule has 0 aromatic heterocycles. The molecule has 4 rings (SSSR count). The average molecular weight is 342 g/mol. The minimum atomic E-state index is -0.0130. The topological polar surface area (TPSA) is 46.5 Å². The first kappa shape index (κ1) is 16.9. The molecule has 3 nitrogen and oxygen atoms in total. The summed E-state index contributed by atoms with van der Waals surface area (Å²) in [6.07, 6.45) is 8.33. The maximum Gasteiger partial charge on any atom is 0.306 e. The van der Waals surface area contributed by atoms with E-state index in [4.69, 9.17) is 4.74 Å². The molecule has 25 heavy (non-hydrogen) atoms. The highest BCUT2D eigenvalue weighted by Gasteiger charge is 2.56. The quantitative estimate of drug-likeness (QED) is 0.790. The Morgan fingerprint density at radius 3 is 2.92 bits per heavy atom. The van der Waals surface area contributed by atoms with Gasteiger partial charge in [-0.3, -0.25) is 4.79 Å². The Hall–Kier alpha value is -1.51. The van der Waals surface area contributed by atoms with E-state index in [0.717, 1.165) is 25.7 Å². The highest BCUT2D eigenvalue weighted by atomic mass is 16.5. The van der Waals surface area contributed by atoms with E-state index in [1.165, 1.54) is 30.4 Å². The molecule has 0 spiro atoms. The Morgan fingerprint density at radius 1 is 1.28 bits per heavy atom. The molecule has 5 unspecified atom stereocenters. The smallest absolute Gasteiger partial charge is 0.306 e. The number of phenols is 1. The lowest BCUT2D eigenvalue weighted by molar-refractivity contribution is -0.157. The van der Waals surface area contributed by atoms with Gasteiger partial charge in [0.25, 0.3) is 0 Å². The first-order chi connectivity index (χ1) is 12.0. The van der Waals surface area contributed by atoms with E-state index in [9.17, 15) is 9.90 Å². The first-order valence-electron chi connectivity index (χ1n) is 10.0. The zero-order chi connectivity index (χ0) is 17.6. The number of carbonyl (C=O) groups is 1. The maximum absolute atomic E-state index is 12.0. The zero-order valence-corrected chi connectivity index (χ0v) is 15.5. The number of esters is 1. The summed E-state index contributed by atoms with van der Waals surface area (Å²) in [5.41, 5.74) is 2.95. The molecule has 2 saturated carbocycles. The second-order valence-corrected chi connectivity index (χ2v) is 8.65. The average Bonchev–Trinajstić information content (AvgIpc) is 2.91. The van der Waals surface area contributed by atoms with Gasteiger partial charge in [-0.05, 0) is 86.0 Å². The molecule has 3 aliphatic carbocycles. The summed E-state index contributed by atoms with van der Waals surface area (Å²) in [6.45, 7) is 4.40. The molecule has 136 valence electrons. The second kappa shape index (κ2) is 6.34. The molecule has 2 fully saturated rings. The van der Waals surface area contributed by atoms with Crippen LogP contribution in [0.15, 0.2) is 18.2 Å². The van der Waals surface area contributed by atoms with Crippen molar-refractivity contribution in [3.8, 4) is 5.75 Å². The third-order valence-electron chi connectivity index (χ3n) is 7.35. The molecule has 3 heteroatoms. The van der Waals surface area contributed by atoms with Crippen LogP contribution in [0.5, 0.6) is 5.75 Å². The van der Waals surface area contributed by atoms with Crippen LogP contribution in [0.2, 0.25) is 0 Å². The van der Waals surface area contributed by atoms with Crippen LogP contribution < -0.4 is 0 Å². The van der Waals surface area contributed by atoms with Gasteiger partial charge in [-0.15, -0.1) is 0 Å². The third kappa shape index (κ3) is 2.76. The highest BCUT2D eigenvalue weighted by Crippen LogP contribution is 2.61. The second-order valence-electron chi connectivity index (χ2n) is 8.65. The van der Waals surface area contributed by atoms with Crippen molar-refractivity contribution < 1.29 is 14.6 Å². The molecule has 1 aromatic carbocycles. The Labute approximate surface area is 150 Å². The SMILES string of the molecule is CCCC(=O)OC1CCC2C3CCc4cc(O)ccc4C3CCC12C. The van der Waals surface area contributed by atoms with Crippen LogP contribution in [-0.4, -0.2) is 17.2 Å². The van der Waals surface area contributed by atoms with Gasteiger partial charge in [0.15, 0.2) is 0 Å². The molecule has 3 aliphatic rings. The lowest BCUT2D eigenvalue weighted by Gasteiger charge is -2.50. The number of phenolic OH excluding ortho intramolecular Hbond substituents is 1. The van der Waals surface area contributed by atoms with Crippen LogP contribution in [0.4, 0.5) is 0 Å². The minimum Gasteiger partial charge on any atom is -0.508 e. The molecule has 0 radical (unpaired) electrons. The van der Waals surface area contributed by atoms with Gasteiger partial charge >= 0.3 is 5.97 Å². The van der Waals surface area contributed by atoms with Gasteiger partial charge in [0.1, 0.15) is 11.9 Å². The summed E-state index contributed by atoms with van der Waals surface area (Å²) >= 11 is 0. The van der Waals surface area contributed by atoms with E-state index in [-0.39, 0.29) is 17.5 Å². The largest absolute Gasteiger partial charge is 0.508 e. The predicted molar refractivity (Wildman–Crippen MR) is 97.5 cm³/mol. The van der Waals surface area contributed by atoms with E-state index in [0.29, 0.717) is 29.9 Å². The standard InChI is InChI=1S/C22H30O3/c1-3-4-21(24)25-20-10-9-19-18-7-5-14-13-15(23)6-8-16(14)17(18)11-12-22(19,20)2/h6,8,13,17-20,23H,3-5,7,9-12H2,1-2H3. The lowest BCUT2D eigenvalue weighted by Crippen LogP contribution is -2.45. The summed E-state index contributed by atoms with van der Waals surface area (Å²) in [7, 11) is 0. The van der Waals surface area contributed by atoms with Crippen LogP contribution >= 0.6 is 0 Å². The minimum absolute atomic E-state index is 0.0130. The summed E-state index contributed by atoms with van der Waals surface area (Å²) < 4.78 is 5.92. The van der Waals surface area contributed by atoms with Crippen molar-refractivity contribution in [3.63, 3.8) is 0 Å². The van der Waals surface area contributed by atoms with Crippen LogP contribution in [0.3, 0.4) is 0 Å². The van der Waals surface area contributed by atoms with Gasteiger partial charge in [0, 0.05) is 11.8 Å². The van der Waals surface area contributed by atoms with Crippen LogP contribution in [0.25, 0.3) is 0 Å². The zero-order valence-electron chi connectivity index (χ0n) is 15.5. The van der Waals surface area contributed by atoms with Crippen molar-refractivity contribution in [2.24, 2.45) is 17.3 Å². The van der Waals surface area contributed by atoms with Crippen molar-refractivity contribution in [1.29, 1.82) is 0 Å². The van der Waals surface area contributed by atoms with Gasteiger partial charge in [-0.25, -0.2) is 0 Å². The molecule has 0 amide bonds. The van der Waals surface area contributed by atoms with Gasteiger partial charge < -0.3 is 9.84 Å². The fourth-order valence-corrected chi connectivity index (χ4v) is 6.14. The van der Waals surface area contributed by atoms with E-state index >= 15 is 0 Å². The fourth-order valence-electron chi connectivity index (χ4n) is 6.14. The third-order valence-corrected chi connectivity index (χ3v) is 7.35. The summed E-state index contributed by atoms with van der Waals surface area (Å²) in [6, 6.07) is 5.96. The number of ether oxygens (including phenoxy) is 1. The molecule has 5 atom stereocenters. The Bertz CT molecular complexity index is 667. The summed E-state index contributed by atoms with van der Waals surface area (Å²) in [5.74, 6) is 2.35. The van der Waals surface area contributed by atoms with Crippen LogP contribution in [0.1, 0.15) is 75.8 Å². The van der Waals surface area contributed by atoms with Crippen molar-refractivity contribution >= 4 is 5.97 Å². The number of aromatic hydroxyl groups is 1. The number of aryl methyl sites for hydroxylation is 1. The molecular weight excluding hydrogens is 312 g/mol. The molecule has 0 heterocycles. The number of carbonyl (C=O) groups excluding carboxylic acids is 1. The molecule has 0 bridgehead atoms. The number of benzene rings is 1. The predicted octanol–water partition coefficient (Wildman–Crippen LogP) is 4.96. The Balaban J connectivity index is 1.56.